The molecule has 0 aromatic rings. The lowest BCUT2D eigenvalue weighted by atomic mass is 9.94. The number of hydrogen-bond acceptors (Lipinski definition) is 2. The van der Waals surface area contributed by atoms with Crippen molar-refractivity contribution in [2.24, 2.45) is 5.92 Å². The van der Waals surface area contributed by atoms with Gasteiger partial charge in [0.1, 0.15) is 6.29 Å². The van der Waals surface area contributed by atoms with Gasteiger partial charge in [-0.15, -0.1) is 0 Å². The Morgan fingerprint density at radius 3 is 2.62 bits per heavy atom. The largest absolute Gasteiger partial charge is 0.381 e. The molecule has 1 fully saturated rings. The Labute approximate surface area is 80.7 Å². The van der Waals surface area contributed by atoms with Crippen LogP contribution in [0.15, 0.2) is 0 Å². The average molecular weight is 184 g/mol. The Morgan fingerprint density at radius 2 is 1.92 bits per heavy atom. The van der Waals surface area contributed by atoms with Gasteiger partial charge in [-0.25, -0.2) is 0 Å². The predicted molar refractivity (Wildman–Crippen MR) is 52.7 cm³/mol. The van der Waals surface area contributed by atoms with E-state index in [1.54, 1.807) is 0 Å². The Bertz CT molecular complexity index is 128. The molecule has 0 radical (unpaired) electrons. The van der Waals surface area contributed by atoms with Crippen LogP contribution in [0.5, 0.6) is 0 Å². The van der Waals surface area contributed by atoms with E-state index in [2.05, 4.69) is 0 Å². The van der Waals surface area contributed by atoms with E-state index < -0.39 is 0 Å². The SMILES string of the molecule is O=CCCCCCC1CCOCC1. The van der Waals surface area contributed by atoms with Crippen LogP contribution in [0.4, 0.5) is 0 Å². The second-order valence-corrected chi connectivity index (χ2v) is 3.86. The van der Waals surface area contributed by atoms with Crippen molar-refractivity contribution in [1.82, 2.24) is 0 Å². The Morgan fingerprint density at radius 1 is 1.15 bits per heavy atom. The first-order chi connectivity index (χ1) is 6.43. The molecule has 2 heteroatoms. The second-order valence-electron chi connectivity index (χ2n) is 3.86. The number of carbonyl (C=O) groups is 1. The summed E-state index contributed by atoms with van der Waals surface area (Å²) in [5.74, 6) is 0.894. The number of aldehydes is 1. The molecule has 0 bridgehead atoms. The van der Waals surface area contributed by atoms with Crippen LogP contribution in [0.3, 0.4) is 0 Å². The highest BCUT2D eigenvalue weighted by atomic mass is 16.5. The normalized spacial score (nSPS) is 18.8. The maximum absolute atomic E-state index is 10.1. The van der Waals surface area contributed by atoms with Crippen LogP contribution in [0.25, 0.3) is 0 Å². The van der Waals surface area contributed by atoms with Crippen molar-refractivity contribution < 1.29 is 9.53 Å². The highest BCUT2D eigenvalue weighted by molar-refractivity contribution is 5.48. The first-order valence-corrected chi connectivity index (χ1v) is 5.45. The van der Waals surface area contributed by atoms with Crippen LogP contribution in [0, 0.1) is 5.92 Å². The Hall–Kier alpha value is -0.370. The lowest BCUT2D eigenvalue weighted by Gasteiger charge is -2.21. The van der Waals surface area contributed by atoms with Crippen LogP contribution in [0.1, 0.15) is 44.9 Å². The van der Waals surface area contributed by atoms with Gasteiger partial charge in [-0.05, 0) is 25.2 Å². The summed E-state index contributed by atoms with van der Waals surface area (Å²) < 4.78 is 5.30. The minimum absolute atomic E-state index is 0.744. The van der Waals surface area contributed by atoms with Crippen molar-refractivity contribution in [2.75, 3.05) is 13.2 Å². The van der Waals surface area contributed by atoms with Gasteiger partial charge in [0.25, 0.3) is 0 Å². The Kier molecular flexibility index (Phi) is 5.83. The van der Waals surface area contributed by atoms with Gasteiger partial charge in [0, 0.05) is 19.6 Å². The lowest BCUT2D eigenvalue weighted by molar-refractivity contribution is -0.107. The van der Waals surface area contributed by atoms with E-state index in [4.69, 9.17) is 4.74 Å². The molecule has 1 saturated heterocycles. The van der Waals surface area contributed by atoms with E-state index in [-0.39, 0.29) is 0 Å². The predicted octanol–water partition coefficient (Wildman–Crippen LogP) is 2.56. The van der Waals surface area contributed by atoms with Gasteiger partial charge in [0.05, 0.1) is 0 Å². The summed E-state index contributed by atoms with van der Waals surface area (Å²) in [4.78, 5) is 10.1. The molecule has 13 heavy (non-hydrogen) atoms. The molecule has 0 aromatic heterocycles. The molecular formula is C11H20O2. The molecule has 0 aromatic carbocycles. The number of carbonyl (C=O) groups excluding carboxylic acids is 1. The van der Waals surface area contributed by atoms with Gasteiger partial charge in [-0.1, -0.05) is 19.3 Å². The zero-order valence-electron chi connectivity index (χ0n) is 8.34. The summed E-state index contributed by atoms with van der Waals surface area (Å²) in [5.41, 5.74) is 0. The first-order valence-electron chi connectivity index (χ1n) is 5.45. The molecule has 1 heterocycles. The fourth-order valence-corrected chi connectivity index (χ4v) is 1.87. The quantitative estimate of drug-likeness (QED) is 0.468. The number of rotatable bonds is 6. The smallest absolute Gasteiger partial charge is 0.119 e. The third-order valence-corrected chi connectivity index (χ3v) is 2.78. The van der Waals surface area contributed by atoms with Crippen LogP contribution < -0.4 is 0 Å². The number of hydrogen-bond donors (Lipinski definition) is 0. The van der Waals surface area contributed by atoms with Crippen LogP contribution >= 0.6 is 0 Å². The monoisotopic (exact) mass is 184 g/mol. The molecule has 76 valence electrons. The average Bonchev–Trinajstić information content (AvgIpc) is 2.19. The highest BCUT2D eigenvalue weighted by Gasteiger charge is 2.12. The van der Waals surface area contributed by atoms with Crippen LogP contribution in [-0.2, 0) is 9.53 Å². The van der Waals surface area contributed by atoms with E-state index in [1.165, 1.54) is 32.1 Å². The van der Waals surface area contributed by atoms with E-state index in [0.717, 1.165) is 38.3 Å². The van der Waals surface area contributed by atoms with Gasteiger partial charge >= 0.3 is 0 Å². The van der Waals surface area contributed by atoms with Crippen molar-refractivity contribution in [3.05, 3.63) is 0 Å². The molecule has 1 rings (SSSR count). The van der Waals surface area contributed by atoms with Gasteiger partial charge in [-0.2, -0.15) is 0 Å². The van der Waals surface area contributed by atoms with Gasteiger partial charge in [0.15, 0.2) is 0 Å². The molecule has 0 spiro atoms. The van der Waals surface area contributed by atoms with E-state index in [0.29, 0.717) is 0 Å². The van der Waals surface area contributed by atoms with Crippen molar-refractivity contribution in [2.45, 2.75) is 44.9 Å². The minimum Gasteiger partial charge on any atom is -0.381 e. The molecule has 0 unspecified atom stereocenters. The van der Waals surface area contributed by atoms with Gasteiger partial charge < -0.3 is 9.53 Å². The topological polar surface area (TPSA) is 26.3 Å². The third-order valence-electron chi connectivity index (χ3n) is 2.78. The summed E-state index contributed by atoms with van der Waals surface area (Å²) >= 11 is 0. The molecule has 2 nitrogen and oxygen atoms in total. The molecule has 1 aliphatic rings. The Balaban J connectivity index is 1.89. The van der Waals surface area contributed by atoms with Crippen molar-refractivity contribution in [1.29, 1.82) is 0 Å². The molecule has 0 N–H and O–H groups in total. The summed E-state index contributed by atoms with van der Waals surface area (Å²) in [6.45, 7) is 1.91. The lowest BCUT2D eigenvalue weighted by Crippen LogP contribution is -2.15. The second kappa shape index (κ2) is 7.07. The maximum atomic E-state index is 10.1. The summed E-state index contributed by atoms with van der Waals surface area (Å²) in [6.07, 6.45) is 9.17. The van der Waals surface area contributed by atoms with Crippen molar-refractivity contribution >= 4 is 6.29 Å². The van der Waals surface area contributed by atoms with Gasteiger partial charge in [0.2, 0.25) is 0 Å². The molecule has 0 amide bonds. The fraction of sp³-hybridized carbons (Fsp3) is 0.909. The summed E-state index contributed by atoms with van der Waals surface area (Å²) in [6, 6.07) is 0. The molecule has 0 atom stereocenters. The van der Waals surface area contributed by atoms with Crippen LogP contribution in [0.2, 0.25) is 0 Å². The van der Waals surface area contributed by atoms with E-state index >= 15 is 0 Å². The van der Waals surface area contributed by atoms with Crippen molar-refractivity contribution in [3.8, 4) is 0 Å². The zero-order chi connectivity index (χ0) is 9.36. The molecule has 0 aliphatic carbocycles. The summed E-state index contributed by atoms with van der Waals surface area (Å²) in [5, 5.41) is 0. The molecule has 1 aliphatic heterocycles. The minimum atomic E-state index is 0.744. The fourth-order valence-electron chi connectivity index (χ4n) is 1.87. The van der Waals surface area contributed by atoms with E-state index in [9.17, 15) is 4.79 Å². The number of ether oxygens (including phenoxy) is 1. The first kappa shape index (κ1) is 10.7. The maximum Gasteiger partial charge on any atom is 0.119 e. The number of unbranched alkanes of at least 4 members (excludes halogenated alkanes) is 3. The summed E-state index contributed by atoms with van der Waals surface area (Å²) in [7, 11) is 0. The third kappa shape index (κ3) is 5.04. The molecule has 0 saturated carbocycles. The van der Waals surface area contributed by atoms with E-state index in [1.807, 2.05) is 0 Å². The zero-order valence-corrected chi connectivity index (χ0v) is 8.34. The molecular weight excluding hydrogens is 164 g/mol. The standard InChI is InChI=1S/C11H20O2/c12-8-4-2-1-3-5-11-6-9-13-10-7-11/h8,11H,1-7,9-10H2. The van der Waals surface area contributed by atoms with Crippen molar-refractivity contribution in [3.63, 3.8) is 0 Å². The highest BCUT2D eigenvalue weighted by Crippen LogP contribution is 2.21. The van der Waals surface area contributed by atoms with Gasteiger partial charge in [-0.3, -0.25) is 0 Å². The van der Waals surface area contributed by atoms with Crippen LogP contribution in [-0.4, -0.2) is 19.5 Å².